The number of hydrogen-bond acceptors (Lipinski definition) is 3. The molecule has 1 aromatic rings. The zero-order chi connectivity index (χ0) is 10.9. The molecule has 0 saturated heterocycles. The lowest BCUT2D eigenvalue weighted by molar-refractivity contribution is -0.385. The van der Waals surface area contributed by atoms with E-state index >= 15 is 0 Å². The Balaban J connectivity index is 3.49. The van der Waals surface area contributed by atoms with E-state index in [1.807, 2.05) is 0 Å². The third-order valence-corrected chi connectivity index (χ3v) is 2.49. The quantitative estimate of drug-likeness (QED) is 0.648. The summed E-state index contributed by atoms with van der Waals surface area (Å²) >= 11 is 3.11. The van der Waals surface area contributed by atoms with E-state index in [9.17, 15) is 14.9 Å². The fraction of sp³-hybridized carbons (Fsp3) is 0.125. The molecule has 0 aliphatic heterocycles. The number of rotatable bonds is 2. The van der Waals surface area contributed by atoms with Crippen LogP contribution in [0.25, 0.3) is 0 Å². The van der Waals surface area contributed by atoms with Crippen LogP contribution in [0.3, 0.4) is 0 Å². The number of halogens is 1. The number of nitro groups is 1. The summed E-state index contributed by atoms with van der Waals surface area (Å²) in [5, 5.41) is 10.5. The van der Waals surface area contributed by atoms with Gasteiger partial charge in [0.2, 0.25) is 5.91 Å². The summed E-state index contributed by atoms with van der Waals surface area (Å²) in [7, 11) is 0. The molecule has 0 unspecified atom stereocenters. The Kier molecular flexibility index (Phi) is 2.85. The van der Waals surface area contributed by atoms with Gasteiger partial charge >= 0.3 is 0 Å². The Hall–Kier alpha value is -1.43. The molecule has 0 aromatic heterocycles. The van der Waals surface area contributed by atoms with Gasteiger partial charge in [-0.3, -0.25) is 14.9 Å². The summed E-state index contributed by atoms with van der Waals surface area (Å²) in [5.74, 6) is -0.682. The molecule has 74 valence electrons. The van der Waals surface area contributed by atoms with Crippen LogP contribution in [-0.2, 0) is 0 Å². The topological polar surface area (TPSA) is 86.2 Å². The van der Waals surface area contributed by atoms with Crippen molar-refractivity contribution in [3.8, 4) is 0 Å². The summed E-state index contributed by atoms with van der Waals surface area (Å²) in [5.41, 5.74) is 5.41. The third kappa shape index (κ3) is 1.74. The minimum atomic E-state index is -0.682. The number of primary amides is 1. The van der Waals surface area contributed by atoms with E-state index in [1.165, 1.54) is 19.1 Å². The first kappa shape index (κ1) is 10.6. The molecular formula is C8H7BrN2O3. The highest BCUT2D eigenvalue weighted by Gasteiger charge is 2.19. The third-order valence-electron chi connectivity index (χ3n) is 1.83. The van der Waals surface area contributed by atoms with E-state index in [0.717, 1.165) is 0 Å². The first-order valence-electron chi connectivity index (χ1n) is 3.68. The number of nitrogens with two attached hydrogens (primary N) is 1. The van der Waals surface area contributed by atoms with Gasteiger partial charge in [0.25, 0.3) is 5.69 Å². The number of nitrogens with zero attached hydrogens (tertiary/aromatic N) is 1. The summed E-state index contributed by atoms with van der Waals surface area (Å²) in [4.78, 5) is 21.0. The molecule has 0 radical (unpaired) electrons. The Morgan fingerprint density at radius 3 is 2.57 bits per heavy atom. The Bertz CT molecular complexity index is 417. The van der Waals surface area contributed by atoms with E-state index in [0.29, 0.717) is 4.47 Å². The van der Waals surface area contributed by atoms with Crippen LogP contribution < -0.4 is 5.73 Å². The number of benzene rings is 1. The molecule has 0 bridgehead atoms. The molecule has 1 aromatic carbocycles. The molecule has 14 heavy (non-hydrogen) atoms. The lowest BCUT2D eigenvalue weighted by Gasteiger charge is -2.04. The van der Waals surface area contributed by atoms with Crippen LogP contribution >= 0.6 is 15.9 Å². The SMILES string of the molecule is Cc1c([N+](=O)[O-])ccc(Br)c1C(N)=O. The monoisotopic (exact) mass is 258 g/mol. The first-order valence-corrected chi connectivity index (χ1v) is 4.47. The molecule has 0 aliphatic rings. The van der Waals surface area contributed by atoms with Crippen molar-refractivity contribution in [2.24, 2.45) is 5.73 Å². The summed E-state index contributed by atoms with van der Waals surface area (Å²) in [6.07, 6.45) is 0. The van der Waals surface area contributed by atoms with Gasteiger partial charge < -0.3 is 5.73 Å². The summed E-state index contributed by atoms with van der Waals surface area (Å²) < 4.78 is 0.466. The fourth-order valence-corrected chi connectivity index (χ4v) is 1.79. The van der Waals surface area contributed by atoms with E-state index in [-0.39, 0.29) is 16.8 Å². The maximum atomic E-state index is 11.0. The molecule has 0 aliphatic carbocycles. The van der Waals surface area contributed by atoms with E-state index in [4.69, 9.17) is 5.73 Å². The molecule has 1 amide bonds. The molecule has 0 fully saturated rings. The lowest BCUT2D eigenvalue weighted by Crippen LogP contribution is -2.14. The second-order valence-corrected chi connectivity index (χ2v) is 3.54. The minimum absolute atomic E-state index is 0.109. The van der Waals surface area contributed by atoms with E-state index in [2.05, 4.69) is 15.9 Å². The Labute approximate surface area is 88.2 Å². The highest BCUT2D eigenvalue weighted by molar-refractivity contribution is 9.10. The molecule has 6 heteroatoms. The summed E-state index contributed by atoms with van der Waals surface area (Å²) in [6.45, 7) is 1.49. The van der Waals surface area contributed by atoms with Crippen LogP contribution in [-0.4, -0.2) is 10.8 Å². The normalized spacial score (nSPS) is 9.86. The van der Waals surface area contributed by atoms with Crippen molar-refractivity contribution in [3.63, 3.8) is 0 Å². The van der Waals surface area contributed by atoms with Crippen LogP contribution in [0.4, 0.5) is 5.69 Å². The number of amides is 1. The molecular weight excluding hydrogens is 252 g/mol. The molecule has 5 nitrogen and oxygen atoms in total. The summed E-state index contributed by atoms with van der Waals surface area (Å²) in [6, 6.07) is 2.76. The largest absolute Gasteiger partial charge is 0.366 e. The van der Waals surface area contributed by atoms with Gasteiger partial charge in [-0.25, -0.2) is 0 Å². The van der Waals surface area contributed by atoms with Crippen LogP contribution in [0.2, 0.25) is 0 Å². The average Bonchev–Trinajstić information content (AvgIpc) is 2.02. The number of nitro benzene ring substituents is 1. The predicted molar refractivity (Wildman–Crippen MR) is 54.1 cm³/mol. The van der Waals surface area contributed by atoms with Crippen LogP contribution in [0.1, 0.15) is 15.9 Å². The number of hydrogen-bond donors (Lipinski definition) is 1. The van der Waals surface area contributed by atoms with Crippen molar-refractivity contribution in [1.82, 2.24) is 0 Å². The maximum absolute atomic E-state index is 11.0. The van der Waals surface area contributed by atoms with Gasteiger partial charge in [0.15, 0.2) is 0 Å². The van der Waals surface area contributed by atoms with Crippen molar-refractivity contribution in [3.05, 3.63) is 37.8 Å². The molecule has 0 saturated carbocycles. The van der Waals surface area contributed by atoms with Gasteiger partial charge in [0.1, 0.15) is 0 Å². The maximum Gasteiger partial charge on any atom is 0.273 e. The van der Waals surface area contributed by atoms with E-state index < -0.39 is 10.8 Å². The number of carbonyl (C=O) groups excluding carboxylic acids is 1. The smallest absolute Gasteiger partial charge is 0.273 e. The zero-order valence-corrected chi connectivity index (χ0v) is 8.87. The fourth-order valence-electron chi connectivity index (χ4n) is 1.17. The van der Waals surface area contributed by atoms with Crippen molar-refractivity contribution in [2.45, 2.75) is 6.92 Å². The van der Waals surface area contributed by atoms with Crippen molar-refractivity contribution in [1.29, 1.82) is 0 Å². The van der Waals surface area contributed by atoms with Crippen LogP contribution in [0, 0.1) is 17.0 Å². The van der Waals surface area contributed by atoms with Gasteiger partial charge in [-0.05, 0) is 28.9 Å². The van der Waals surface area contributed by atoms with E-state index in [1.54, 1.807) is 0 Å². The van der Waals surface area contributed by atoms with Crippen LogP contribution in [0.5, 0.6) is 0 Å². The Morgan fingerprint density at radius 2 is 2.14 bits per heavy atom. The van der Waals surface area contributed by atoms with Gasteiger partial charge in [-0.15, -0.1) is 0 Å². The minimum Gasteiger partial charge on any atom is -0.366 e. The highest BCUT2D eigenvalue weighted by Crippen LogP contribution is 2.27. The zero-order valence-electron chi connectivity index (χ0n) is 7.28. The molecule has 1 rings (SSSR count). The van der Waals surface area contributed by atoms with Gasteiger partial charge in [-0.2, -0.15) is 0 Å². The predicted octanol–water partition coefficient (Wildman–Crippen LogP) is 1.76. The highest BCUT2D eigenvalue weighted by atomic mass is 79.9. The van der Waals surface area contributed by atoms with Gasteiger partial charge in [0, 0.05) is 16.1 Å². The van der Waals surface area contributed by atoms with Gasteiger partial charge in [0.05, 0.1) is 10.5 Å². The lowest BCUT2D eigenvalue weighted by atomic mass is 10.1. The Morgan fingerprint density at radius 1 is 1.57 bits per heavy atom. The van der Waals surface area contributed by atoms with Crippen molar-refractivity contribution < 1.29 is 9.72 Å². The molecule has 0 heterocycles. The van der Waals surface area contributed by atoms with Crippen molar-refractivity contribution in [2.75, 3.05) is 0 Å². The second kappa shape index (κ2) is 3.75. The molecule has 0 atom stereocenters. The molecule has 2 N–H and O–H groups in total. The van der Waals surface area contributed by atoms with Crippen molar-refractivity contribution >= 4 is 27.5 Å². The second-order valence-electron chi connectivity index (χ2n) is 2.69. The average molecular weight is 259 g/mol. The van der Waals surface area contributed by atoms with Gasteiger partial charge in [-0.1, -0.05) is 0 Å². The van der Waals surface area contributed by atoms with Crippen LogP contribution in [0.15, 0.2) is 16.6 Å². The number of carbonyl (C=O) groups is 1. The standard InChI is InChI=1S/C8H7BrN2O3/c1-4-6(11(13)14)3-2-5(9)7(4)8(10)12/h2-3H,1H3,(H2,10,12). The first-order chi connectivity index (χ1) is 6.45. The molecule has 0 spiro atoms.